The third-order valence-corrected chi connectivity index (χ3v) is 7.33. The lowest BCUT2D eigenvalue weighted by Gasteiger charge is -2.10. The number of nitrogens with zero attached hydrogens (tertiary/aromatic N) is 2. The highest BCUT2D eigenvalue weighted by Crippen LogP contribution is 2.28. The van der Waals surface area contributed by atoms with E-state index in [0.29, 0.717) is 26.3 Å². The molecule has 5 rings (SSSR count). The van der Waals surface area contributed by atoms with E-state index in [9.17, 15) is 14.4 Å². The van der Waals surface area contributed by atoms with Crippen molar-refractivity contribution in [2.24, 2.45) is 0 Å². The number of thiophene rings is 1. The van der Waals surface area contributed by atoms with E-state index >= 15 is 0 Å². The van der Waals surface area contributed by atoms with Crippen molar-refractivity contribution in [3.8, 4) is 0 Å². The Labute approximate surface area is 211 Å². The second kappa shape index (κ2) is 9.39. The number of aromatic nitrogens is 2. The fourth-order valence-corrected chi connectivity index (χ4v) is 5.33. The smallest absolute Gasteiger partial charge is 0.266 e. The van der Waals surface area contributed by atoms with E-state index in [1.807, 2.05) is 74.5 Å². The summed E-state index contributed by atoms with van der Waals surface area (Å²) in [5, 5.41) is 8.11. The third kappa shape index (κ3) is 4.38. The molecule has 5 aromatic rings. The van der Waals surface area contributed by atoms with Crippen molar-refractivity contribution in [2.45, 2.75) is 27.3 Å². The molecule has 0 saturated heterocycles. The molecule has 0 aliphatic heterocycles. The van der Waals surface area contributed by atoms with E-state index in [-0.39, 0.29) is 23.9 Å². The first-order valence-electron chi connectivity index (χ1n) is 11.5. The predicted octanol–water partition coefficient (Wildman–Crippen LogP) is 5.43. The van der Waals surface area contributed by atoms with E-state index in [1.165, 1.54) is 22.2 Å². The normalized spacial score (nSPS) is 11.1. The minimum atomic E-state index is -0.354. The van der Waals surface area contributed by atoms with Gasteiger partial charge in [0.25, 0.3) is 11.5 Å². The number of fused-ring (bicyclic) bond motifs is 2. The SMILES string of the molecule is Cc1ccc(NC(=O)c2sc3ncn(CC(=O)Nc4cccc5ccccc45)c(=O)c3c2C)c(C)c1. The van der Waals surface area contributed by atoms with Gasteiger partial charge in [-0.1, -0.05) is 54.1 Å². The summed E-state index contributed by atoms with van der Waals surface area (Å²) in [5.41, 5.74) is 3.67. The zero-order valence-electron chi connectivity index (χ0n) is 20.1. The number of aryl methyl sites for hydroxylation is 3. The van der Waals surface area contributed by atoms with Crippen LogP contribution in [0.15, 0.2) is 71.8 Å². The summed E-state index contributed by atoms with van der Waals surface area (Å²) in [5.74, 6) is -0.627. The Kier molecular flexibility index (Phi) is 6.12. The van der Waals surface area contributed by atoms with Gasteiger partial charge in [0.15, 0.2) is 0 Å². The Bertz CT molecular complexity index is 1710. The number of amides is 2. The summed E-state index contributed by atoms with van der Waals surface area (Å²) in [4.78, 5) is 44.4. The topological polar surface area (TPSA) is 93.1 Å². The maximum absolute atomic E-state index is 13.3. The second-order valence-corrected chi connectivity index (χ2v) is 9.76. The van der Waals surface area contributed by atoms with Gasteiger partial charge in [-0.05, 0) is 49.4 Å². The average molecular weight is 497 g/mol. The molecule has 2 aromatic heterocycles. The molecule has 180 valence electrons. The highest BCUT2D eigenvalue weighted by Gasteiger charge is 2.21. The van der Waals surface area contributed by atoms with E-state index in [4.69, 9.17) is 0 Å². The second-order valence-electron chi connectivity index (χ2n) is 8.76. The number of hydrogen-bond acceptors (Lipinski definition) is 5. The number of rotatable bonds is 5. The molecule has 0 unspecified atom stereocenters. The van der Waals surface area contributed by atoms with Crippen LogP contribution in [0.2, 0.25) is 0 Å². The van der Waals surface area contributed by atoms with Crippen molar-refractivity contribution >= 4 is 55.5 Å². The molecule has 0 fully saturated rings. The van der Waals surface area contributed by atoms with E-state index in [1.54, 1.807) is 6.92 Å². The maximum atomic E-state index is 13.3. The lowest BCUT2D eigenvalue weighted by atomic mass is 10.1. The molecule has 0 bridgehead atoms. The van der Waals surface area contributed by atoms with Crippen LogP contribution in [0, 0.1) is 20.8 Å². The van der Waals surface area contributed by atoms with Crippen molar-refractivity contribution in [3.05, 3.63) is 98.9 Å². The van der Waals surface area contributed by atoms with Crippen LogP contribution in [-0.2, 0) is 11.3 Å². The molecule has 2 amide bonds. The molecule has 8 heteroatoms. The highest BCUT2D eigenvalue weighted by atomic mass is 32.1. The Hall–Kier alpha value is -4.30. The van der Waals surface area contributed by atoms with Gasteiger partial charge < -0.3 is 10.6 Å². The van der Waals surface area contributed by atoms with Crippen LogP contribution >= 0.6 is 11.3 Å². The van der Waals surface area contributed by atoms with E-state index < -0.39 is 0 Å². The number of hydrogen-bond donors (Lipinski definition) is 2. The van der Waals surface area contributed by atoms with E-state index in [0.717, 1.165) is 27.6 Å². The average Bonchev–Trinajstić information content (AvgIpc) is 3.20. The van der Waals surface area contributed by atoms with Crippen LogP contribution in [0.25, 0.3) is 21.0 Å². The lowest BCUT2D eigenvalue weighted by molar-refractivity contribution is -0.116. The fourth-order valence-electron chi connectivity index (χ4n) is 4.30. The molecular weight excluding hydrogens is 472 g/mol. The molecule has 0 aliphatic carbocycles. The minimum absolute atomic E-state index is 0.190. The molecule has 2 heterocycles. The number of benzene rings is 3. The quantitative estimate of drug-likeness (QED) is 0.339. The van der Waals surface area contributed by atoms with Crippen LogP contribution in [0.1, 0.15) is 26.4 Å². The van der Waals surface area contributed by atoms with Gasteiger partial charge >= 0.3 is 0 Å². The zero-order valence-corrected chi connectivity index (χ0v) is 20.9. The van der Waals surface area contributed by atoms with Gasteiger partial charge in [-0.2, -0.15) is 0 Å². The first-order chi connectivity index (χ1) is 17.3. The van der Waals surface area contributed by atoms with Gasteiger partial charge in [-0.15, -0.1) is 11.3 Å². The van der Waals surface area contributed by atoms with Crippen LogP contribution in [0.5, 0.6) is 0 Å². The van der Waals surface area contributed by atoms with Gasteiger partial charge in [0.1, 0.15) is 11.4 Å². The summed E-state index contributed by atoms with van der Waals surface area (Å²) in [6, 6.07) is 19.2. The third-order valence-electron chi connectivity index (χ3n) is 6.13. The summed E-state index contributed by atoms with van der Waals surface area (Å²) in [6.45, 7) is 5.47. The number of nitrogens with one attached hydrogen (secondary N) is 2. The maximum Gasteiger partial charge on any atom is 0.266 e. The van der Waals surface area contributed by atoms with Gasteiger partial charge in [0.05, 0.1) is 16.6 Å². The monoisotopic (exact) mass is 496 g/mol. The van der Waals surface area contributed by atoms with Crippen LogP contribution in [0.4, 0.5) is 11.4 Å². The Morgan fingerprint density at radius 3 is 2.53 bits per heavy atom. The standard InChI is InChI=1S/C28H24N4O3S/c1-16-11-12-21(17(2)13-16)31-26(34)25-18(3)24-27(36-25)29-15-32(28(24)35)14-23(33)30-22-10-6-8-19-7-4-5-9-20(19)22/h4-13,15H,14H2,1-3H3,(H,30,33)(H,31,34). The molecule has 7 nitrogen and oxygen atoms in total. The van der Waals surface area contributed by atoms with E-state index in [2.05, 4.69) is 15.6 Å². The van der Waals surface area contributed by atoms with Gasteiger partial charge in [-0.3, -0.25) is 19.0 Å². The van der Waals surface area contributed by atoms with Crippen molar-refractivity contribution in [3.63, 3.8) is 0 Å². The Morgan fingerprint density at radius 2 is 1.72 bits per heavy atom. The molecular formula is C28H24N4O3S. The molecule has 0 aliphatic rings. The Balaban J connectivity index is 1.40. The van der Waals surface area contributed by atoms with Crippen molar-refractivity contribution in [1.29, 1.82) is 0 Å². The molecule has 0 radical (unpaired) electrons. The van der Waals surface area contributed by atoms with Gasteiger partial charge in [0.2, 0.25) is 5.91 Å². The van der Waals surface area contributed by atoms with Gasteiger partial charge in [0, 0.05) is 16.8 Å². The molecule has 2 N–H and O–H groups in total. The summed E-state index contributed by atoms with van der Waals surface area (Å²) >= 11 is 1.17. The van der Waals surface area contributed by atoms with Crippen molar-refractivity contribution < 1.29 is 9.59 Å². The molecule has 0 spiro atoms. The highest BCUT2D eigenvalue weighted by molar-refractivity contribution is 7.20. The van der Waals surface area contributed by atoms with Crippen LogP contribution in [0.3, 0.4) is 0 Å². The molecule has 0 atom stereocenters. The van der Waals surface area contributed by atoms with Crippen LogP contribution < -0.4 is 16.2 Å². The predicted molar refractivity (Wildman–Crippen MR) is 145 cm³/mol. The molecule has 36 heavy (non-hydrogen) atoms. The first kappa shape index (κ1) is 23.4. The van der Waals surface area contributed by atoms with Crippen LogP contribution in [-0.4, -0.2) is 21.4 Å². The van der Waals surface area contributed by atoms with Gasteiger partial charge in [-0.25, -0.2) is 4.98 Å². The Morgan fingerprint density at radius 1 is 0.944 bits per heavy atom. The number of carbonyl (C=O) groups is 2. The minimum Gasteiger partial charge on any atom is -0.324 e. The zero-order chi connectivity index (χ0) is 25.4. The molecule has 3 aromatic carbocycles. The summed E-state index contributed by atoms with van der Waals surface area (Å²) in [7, 11) is 0. The largest absolute Gasteiger partial charge is 0.324 e. The lowest BCUT2D eigenvalue weighted by Crippen LogP contribution is -2.28. The summed E-state index contributed by atoms with van der Waals surface area (Å²) in [6.07, 6.45) is 1.36. The summed E-state index contributed by atoms with van der Waals surface area (Å²) < 4.78 is 1.27. The van der Waals surface area contributed by atoms with Crippen molar-refractivity contribution in [2.75, 3.05) is 10.6 Å². The molecule has 0 saturated carbocycles. The van der Waals surface area contributed by atoms with Crippen molar-refractivity contribution in [1.82, 2.24) is 9.55 Å². The fraction of sp³-hybridized carbons (Fsp3) is 0.143. The number of carbonyl (C=O) groups excluding carboxylic acids is 2. The first-order valence-corrected chi connectivity index (χ1v) is 12.3. The number of anilines is 2.